The molecular formula is C18H19FN4O3. The SMILES string of the molecule is COc1ccc([C@@H](N)c2n[nH]c(COc3ccc(F)cc3)n2)cc1OC. The topological polar surface area (TPSA) is 95.3 Å². The molecule has 3 N–H and O–H groups in total. The number of aromatic amines is 1. The lowest BCUT2D eigenvalue weighted by Gasteiger charge is -2.12. The normalized spacial score (nSPS) is 11.8. The molecule has 0 aliphatic carbocycles. The molecule has 0 radical (unpaired) electrons. The number of nitrogens with zero attached hydrogens (tertiary/aromatic N) is 2. The van der Waals surface area contributed by atoms with Crippen LogP contribution in [0.25, 0.3) is 0 Å². The summed E-state index contributed by atoms with van der Waals surface area (Å²) in [4.78, 5) is 4.35. The summed E-state index contributed by atoms with van der Waals surface area (Å²) >= 11 is 0. The Kier molecular flexibility index (Phi) is 5.33. The van der Waals surface area contributed by atoms with E-state index >= 15 is 0 Å². The highest BCUT2D eigenvalue weighted by Crippen LogP contribution is 2.30. The number of ether oxygens (including phenoxy) is 3. The van der Waals surface area contributed by atoms with Crippen LogP contribution in [0.3, 0.4) is 0 Å². The van der Waals surface area contributed by atoms with Gasteiger partial charge in [0.15, 0.2) is 23.1 Å². The van der Waals surface area contributed by atoms with E-state index in [1.165, 1.54) is 12.1 Å². The van der Waals surface area contributed by atoms with Crippen molar-refractivity contribution >= 4 is 0 Å². The third kappa shape index (κ3) is 3.92. The molecule has 136 valence electrons. The minimum atomic E-state index is -0.536. The van der Waals surface area contributed by atoms with Gasteiger partial charge < -0.3 is 19.9 Å². The van der Waals surface area contributed by atoms with Gasteiger partial charge in [0.05, 0.1) is 20.3 Å². The van der Waals surface area contributed by atoms with E-state index in [0.29, 0.717) is 28.9 Å². The van der Waals surface area contributed by atoms with Crippen molar-refractivity contribution < 1.29 is 18.6 Å². The lowest BCUT2D eigenvalue weighted by molar-refractivity contribution is 0.296. The van der Waals surface area contributed by atoms with Crippen molar-refractivity contribution in [3.05, 3.63) is 65.5 Å². The van der Waals surface area contributed by atoms with Gasteiger partial charge in [0, 0.05) is 0 Å². The van der Waals surface area contributed by atoms with Gasteiger partial charge in [-0.25, -0.2) is 9.37 Å². The van der Waals surface area contributed by atoms with Gasteiger partial charge in [-0.05, 0) is 42.0 Å². The molecule has 0 unspecified atom stereocenters. The van der Waals surface area contributed by atoms with Crippen molar-refractivity contribution in [3.8, 4) is 17.2 Å². The Balaban J connectivity index is 1.69. The van der Waals surface area contributed by atoms with Crippen molar-refractivity contribution in [3.63, 3.8) is 0 Å². The van der Waals surface area contributed by atoms with E-state index in [0.717, 1.165) is 5.56 Å². The van der Waals surface area contributed by atoms with E-state index in [1.54, 1.807) is 38.5 Å². The van der Waals surface area contributed by atoms with E-state index in [-0.39, 0.29) is 12.4 Å². The van der Waals surface area contributed by atoms with Crippen LogP contribution in [0.1, 0.15) is 23.3 Å². The van der Waals surface area contributed by atoms with Crippen LogP contribution >= 0.6 is 0 Å². The maximum atomic E-state index is 12.9. The van der Waals surface area contributed by atoms with Crippen LogP contribution in [0, 0.1) is 5.82 Å². The average molecular weight is 358 g/mol. The number of methoxy groups -OCH3 is 2. The van der Waals surface area contributed by atoms with E-state index in [4.69, 9.17) is 19.9 Å². The van der Waals surface area contributed by atoms with Gasteiger partial charge in [0.25, 0.3) is 0 Å². The zero-order valence-electron chi connectivity index (χ0n) is 14.4. The van der Waals surface area contributed by atoms with Crippen LogP contribution in [0.4, 0.5) is 4.39 Å². The molecule has 3 aromatic rings. The highest BCUT2D eigenvalue weighted by molar-refractivity contribution is 5.44. The molecular weight excluding hydrogens is 339 g/mol. The fourth-order valence-electron chi connectivity index (χ4n) is 2.39. The first kappa shape index (κ1) is 17.7. The third-order valence-electron chi connectivity index (χ3n) is 3.78. The fraction of sp³-hybridized carbons (Fsp3) is 0.222. The smallest absolute Gasteiger partial charge is 0.172 e. The minimum Gasteiger partial charge on any atom is -0.493 e. The molecule has 0 aliphatic heterocycles. The standard InChI is InChI=1S/C18H19FN4O3/c1-24-14-8-3-11(9-15(14)25-2)17(20)18-21-16(22-23-18)10-26-13-6-4-12(19)5-7-13/h3-9,17H,10,20H2,1-2H3,(H,21,22,23)/t17-/m1/s1. The highest BCUT2D eigenvalue weighted by atomic mass is 19.1. The van der Waals surface area contributed by atoms with E-state index in [1.807, 2.05) is 6.07 Å². The number of aromatic nitrogens is 3. The molecule has 0 saturated carbocycles. The molecule has 3 rings (SSSR count). The second-order valence-corrected chi connectivity index (χ2v) is 5.47. The van der Waals surface area contributed by atoms with Gasteiger partial charge in [-0.3, -0.25) is 5.10 Å². The van der Waals surface area contributed by atoms with E-state index in [2.05, 4.69) is 15.2 Å². The number of hydrogen-bond donors (Lipinski definition) is 2. The lowest BCUT2D eigenvalue weighted by atomic mass is 10.1. The Hall–Kier alpha value is -3.13. The molecule has 0 amide bonds. The average Bonchev–Trinajstić information content (AvgIpc) is 3.15. The first-order valence-corrected chi connectivity index (χ1v) is 7.87. The Labute approximate surface area is 149 Å². The van der Waals surface area contributed by atoms with E-state index in [9.17, 15) is 4.39 Å². The van der Waals surface area contributed by atoms with Crippen LogP contribution in [0.15, 0.2) is 42.5 Å². The van der Waals surface area contributed by atoms with Crippen molar-refractivity contribution in [2.24, 2.45) is 5.73 Å². The summed E-state index contributed by atoms with van der Waals surface area (Å²) in [5, 5.41) is 6.94. The molecule has 0 bridgehead atoms. The molecule has 7 nitrogen and oxygen atoms in total. The predicted molar refractivity (Wildman–Crippen MR) is 92.7 cm³/mol. The molecule has 0 aliphatic rings. The number of benzene rings is 2. The molecule has 1 atom stereocenters. The van der Waals surface area contributed by atoms with Gasteiger partial charge in [-0.2, -0.15) is 5.10 Å². The Morgan fingerprint density at radius 1 is 1.08 bits per heavy atom. The summed E-state index contributed by atoms with van der Waals surface area (Å²) in [6.07, 6.45) is 0. The second kappa shape index (κ2) is 7.83. The van der Waals surface area contributed by atoms with Crippen molar-refractivity contribution in [1.82, 2.24) is 15.2 Å². The largest absolute Gasteiger partial charge is 0.493 e. The monoisotopic (exact) mass is 358 g/mol. The van der Waals surface area contributed by atoms with Gasteiger partial charge in [-0.1, -0.05) is 6.07 Å². The summed E-state index contributed by atoms with van der Waals surface area (Å²) in [5.74, 6) is 2.35. The van der Waals surface area contributed by atoms with Gasteiger partial charge in [-0.15, -0.1) is 0 Å². The Bertz CT molecular complexity index is 867. The van der Waals surface area contributed by atoms with Gasteiger partial charge >= 0.3 is 0 Å². The quantitative estimate of drug-likeness (QED) is 0.674. The second-order valence-electron chi connectivity index (χ2n) is 5.47. The van der Waals surface area contributed by atoms with Crippen LogP contribution in [0.2, 0.25) is 0 Å². The molecule has 26 heavy (non-hydrogen) atoms. The summed E-state index contributed by atoms with van der Waals surface area (Å²) in [6.45, 7) is 0.164. The summed E-state index contributed by atoms with van der Waals surface area (Å²) in [6, 6.07) is 10.6. The van der Waals surface area contributed by atoms with Crippen LogP contribution < -0.4 is 19.9 Å². The number of hydrogen-bond acceptors (Lipinski definition) is 6. The zero-order chi connectivity index (χ0) is 18.5. The van der Waals surface area contributed by atoms with Crippen molar-refractivity contribution in [1.29, 1.82) is 0 Å². The Morgan fingerprint density at radius 2 is 1.81 bits per heavy atom. The molecule has 1 aromatic heterocycles. The summed E-state index contributed by atoms with van der Waals surface area (Å²) in [7, 11) is 3.13. The maximum absolute atomic E-state index is 12.9. The Morgan fingerprint density at radius 3 is 2.50 bits per heavy atom. The summed E-state index contributed by atoms with van der Waals surface area (Å²) in [5.41, 5.74) is 7.03. The van der Waals surface area contributed by atoms with Crippen LogP contribution in [-0.4, -0.2) is 29.4 Å². The lowest BCUT2D eigenvalue weighted by Crippen LogP contribution is -2.14. The van der Waals surface area contributed by atoms with Crippen LogP contribution in [-0.2, 0) is 6.61 Å². The first-order chi connectivity index (χ1) is 12.6. The molecule has 2 aromatic carbocycles. The first-order valence-electron chi connectivity index (χ1n) is 7.87. The van der Waals surface area contributed by atoms with Crippen LogP contribution in [0.5, 0.6) is 17.2 Å². The van der Waals surface area contributed by atoms with Crippen molar-refractivity contribution in [2.75, 3.05) is 14.2 Å². The zero-order valence-corrected chi connectivity index (χ0v) is 14.4. The highest BCUT2D eigenvalue weighted by Gasteiger charge is 2.17. The fourth-order valence-corrected chi connectivity index (χ4v) is 2.39. The van der Waals surface area contributed by atoms with Gasteiger partial charge in [0.2, 0.25) is 0 Å². The molecule has 0 spiro atoms. The van der Waals surface area contributed by atoms with Gasteiger partial charge in [0.1, 0.15) is 18.2 Å². The molecule has 8 heteroatoms. The number of halogens is 1. The molecule has 0 fully saturated rings. The number of nitrogens with one attached hydrogen (secondary N) is 1. The molecule has 0 saturated heterocycles. The van der Waals surface area contributed by atoms with E-state index < -0.39 is 6.04 Å². The molecule has 1 heterocycles. The maximum Gasteiger partial charge on any atom is 0.172 e. The number of nitrogens with two attached hydrogens (primary N) is 1. The number of rotatable bonds is 7. The van der Waals surface area contributed by atoms with Crippen molar-refractivity contribution in [2.45, 2.75) is 12.6 Å². The minimum absolute atomic E-state index is 0.164. The third-order valence-corrected chi connectivity index (χ3v) is 3.78. The number of H-pyrrole nitrogens is 1. The summed E-state index contributed by atoms with van der Waals surface area (Å²) < 4.78 is 28.9. The predicted octanol–water partition coefficient (Wildman–Crippen LogP) is 2.59.